The molecule has 0 bridgehead atoms. The number of amides is 5. The number of para-hydroxylation sites is 1. The highest BCUT2D eigenvalue weighted by molar-refractivity contribution is 7.99. The third-order valence-corrected chi connectivity index (χ3v) is 8.69. The van der Waals surface area contributed by atoms with E-state index >= 15 is 0 Å². The van der Waals surface area contributed by atoms with Crippen molar-refractivity contribution in [3.8, 4) is 0 Å². The molecule has 1 fully saturated rings. The number of thioether (sulfide) groups is 1. The first kappa shape index (κ1) is 24.5. The lowest BCUT2D eigenvalue weighted by molar-refractivity contribution is -0.123. The number of urea groups is 1. The summed E-state index contributed by atoms with van der Waals surface area (Å²) in [5.74, 6) is -0.809. The average Bonchev–Trinajstić information content (AvgIpc) is 3.34. The first-order chi connectivity index (χ1) is 18.3. The maximum atomic E-state index is 13.4. The maximum absolute atomic E-state index is 13.4. The number of benzene rings is 3. The van der Waals surface area contributed by atoms with E-state index in [-0.39, 0.29) is 38.8 Å². The molecule has 3 aromatic rings. The molecule has 0 aromatic heterocycles. The number of imide groups is 1. The van der Waals surface area contributed by atoms with Crippen LogP contribution in [-0.2, 0) is 27.2 Å². The zero-order valence-electron chi connectivity index (χ0n) is 20.1. The zero-order valence-corrected chi connectivity index (χ0v) is 21.7. The van der Waals surface area contributed by atoms with Crippen LogP contribution in [0, 0.1) is 0 Å². The summed E-state index contributed by atoms with van der Waals surface area (Å²) in [5, 5.41) is 8.47. The molecule has 3 aromatic carbocycles. The third-order valence-electron chi connectivity index (χ3n) is 7.12. The molecule has 1 spiro atoms. The second kappa shape index (κ2) is 9.49. The number of nitrogens with zero attached hydrogens (tertiary/aromatic N) is 1. The fourth-order valence-corrected chi connectivity index (χ4v) is 6.70. The van der Waals surface area contributed by atoms with Crippen molar-refractivity contribution in [1.82, 2.24) is 10.6 Å². The molecule has 2 unspecified atom stereocenters. The Labute approximate surface area is 231 Å². The summed E-state index contributed by atoms with van der Waals surface area (Å²) >= 11 is 7.65. The predicted octanol–water partition coefficient (Wildman–Crippen LogP) is 4.72. The highest BCUT2D eigenvalue weighted by Crippen LogP contribution is 2.45. The normalized spacial score (nSPS) is 22.0. The lowest BCUT2D eigenvalue weighted by Gasteiger charge is -2.22. The lowest BCUT2D eigenvalue weighted by Crippen LogP contribution is -2.47. The van der Waals surface area contributed by atoms with Crippen LogP contribution < -0.4 is 20.9 Å². The van der Waals surface area contributed by atoms with E-state index in [1.54, 1.807) is 17.8 Å². The fraction of sp³-hybridized carbons (Fsp3) is 0.214. The molecule has 2 heterocycles. The molecule has 0 saturated carbocycles. The molecule has 3 N–H and O–H groups in total. The molecule has 38 heavy (non-hydrogen) atoms. The minimum Gasteiger partial charge on any atom is -0.325 e. The van der Waals surface area contributed by atoms with Gasteiger partial charge >= 0.3 is 6.03 Å². The largest absolute Gasteiger partial charge is 0.325 e. The van der Waals surface area contributed by atoms with Crippen LogP contribution in [0.4, 0.5) is 16.2 Å². The van der Waals surface area contributed by atoms with Gasteiger partial charge in [0.15, 0.2) is 0 Å². The average molecular weight is 551 g/mol. The molecular formula is C28H27ClN4O4S. The van der Waals surface area contributed by atoms with Crippen LogP contribution in [0.5, 0.6) is 0 Å². The van der Waals surface area contributed by atoms with E-state index in [9.17, 15) is 19.2 Å². The number of anilines is 2. The van der Waals surface area contributed by atoms with Crippen molar-refractivity contribution in [2.24, 2.45) is 0 Å². The van der Waals surface area contributed by atoms with Gasteiger partial charge in [0.1, 0.15) is 12.1 Å². The van der Waals surface area contributed by atoms with Crippen LogP contribution in [0.3, 0.4) is 0 Å². The molecule has 196 valence electrons. The molecule has 8 nitrogen and oxygen atoms in total. The summed E-state index contributed by atoms with van der Waals surface area (Å²) < 4.78 is 0. The number of nitrogens with one attached hydrogen (secondary N) is 3. The van der Waals surface area contributed by atoms with Crippen molar-refractivity contribution in [2.45, 2.75) is 34.9 Å². The quantitative estimate of drug-likeness (QED) is 0.408. The highest BCUT2D eigenvalue weighted by Gasteiger charge is 2.50. The van der Waals surface area contributed by atoms with Gasteiger partial charge in [0.2, 0.25) is 11.8 Å². The monoisotopic (exact) mass is 550 g/mol. The van der Waals surface area contributed by atoms with E-state index in [2.05, 4.69) is 16.0 Å². The van der Waals surface area contributed by atoms with Gasteiger partial charge in [0.05, 0.1) is 5.69 Å². The Balaban J connectivity index is 0.00000185. The predicted molar refractivity (Wildman–Crippen MR) is 150 cm³/mol. The van der Waals surface area contributed by atoms with E-state index in [1.165, 1.54) is 4.90 Å². The first-order valence-electron chi connectivity index (χ1n) is 12.2. The Morgan fingerprint density at radius 1 is 1.05 bits per heavy atom. The van der Waals surface area contributed by atoms with Gasteiger partial charge in [-0.15, -0.1) is 11.8 Å². The van der Waals surface area contributed by atoms with E-state index in [4.69, 9.17) is 11.6 Å². The topological polar surface area (TPSA) is 108 Å². The SMILES string of the molecule is O=C(CN1C(=O)CC(c2ccc(Cl)cc2)Sc2ccccc21)Nc1ccc2c(c1)CC1(C2)NC(=O)NC1=O.[HH].[HH]. The number of halogens is 1. The summed E-state index contributed by atoms with van der Waals surface area (Å²) in [6, 6.07) is 20.0. The zero-order chi connectivity index (χ0) is 26.4. The molecule has 2 aliphatic heterocycles. The van der Waals surface area contributed by atoms with E-state index in [1.807, 2.05) is 60.7 Å². The number of hydrogen-bond donors (Lipinski definition) is 3. The van der Waals surface area contributed by atoms with Gasteiger partial charge < -0.3 is 15.5 Å². The van der Waals surface area contributed by atoms with Crippen molar-refractivity contribution in [1.29, 1.82) is 0 Å². The standard InChI is InChI=1S/C28H23ClN4O4S.2H2/c29-19-8-5-16(6-9-19)23-12-25(35)33(21-3-1-2-4-22(21)38-23)15-24(34)30-20-10-7-17-13-28(14-18(17)11-20)26(36)31-27(37)32-28;;/h1-11,23H,12-15H2,(H,30,34)(H2,31,32,36,37);2*1H. The van der Waals surface area contributed by atoms with Gasteiger partial charge in [0, 0.05) is 43.0 Å². The van der Waals surface area contributed by atoms with Crippen molar-refractivity contribution < 1.29 is 22.0 Å². The molecule has 2 atom stereocenters. The number of carbonyl (C=O) groups excluding carboxylic acids is 4. The van der Waals surface area contributed by atoms with Gasteiger partial charge in [-0.05, 0) is 53.1 Å². The van der Waals surface area contributed by atoms with Crippen molar-refractivity contribution in [2.75, 3.05) is 16.8 Å². The number of rotatable bonds is 4. The molecule has 10 heteroatoms. The minimum atomic E-state index is -0.970. The molecule has 0 radical (unpaired) electrons. The van der Waals surface area contributed by atoms with Crippen LogP contribution in [-0.4, -0.2) is 35.8 Å². The highest BCUT2D eigenvalue weighted by atomic mass is 35.5. The smallest absolute Gasteiger partial charge is 0.322 e. The summed E-state index contributed by atoms with van der Waals surface area (Å²) in [7, 11) is 0. The van der Waals surface area contributed by atoms with Gasteiger partial charge in [0.25, 0.3) is 5.91 Å². The van der Waals surface area contributed by atoms with Gasteiger partial charge in [-0.3, -0.25) is 19.7 Å². The molecule has 3 aliphatic rings. The minimum absolute atomic E-state index is 0. The Kier molecular flexibility index (Phi) is 6.12. The first-order valence-corrected chi connectivity index (χ1v) is 13.4. The fourth-order valence-electron chi connectivity index (χ4n) is 5.29. The Bertz CT molecular complexity index is 1510. The second-order valence-corrected chi connectivity index (χ2v) is 11.4. The summed E-state index contributed by atoms with van der Waals surface area (Å²) in [6.07, 6.45) is 0.994. The Morgan fingerprint density at radius 3 is 2.58 bits per heavy atom. The van der Waals surface area contributed by atoms with Crippen molar-refractivity contribution >= 4 is 58.5 Å². The molecule has 5 amide bonds. The summed E-state index contributed by atoms with van der Waals surface area (Å²) in [5.41, 5.74) is 3.13. The van der Waals surface area contributed by atoms with Gasteiger partial charge in [-0.2, -0.15) is 0 Å². The summed E-state index contributed by atoms with van der Waals surface area (Å²) in [6.45, 7) is -0.136. The van der Waals surface area contributed by atoms with E-state index < -0.39 is 11.6 Å². The van der Waals surface area contributed by atoms with E-state index in [0.717, 1.165) is 21.6 Å². The molecule has 1 aliphatic carbocycles. The number of fused-ring (bicyclic) bond motifs is 2. The Hall–Kier alpha value is -3.82. The molecule has 1 saturated heterocycles. The van der Waals surface area contributed by atoms with E-state index in [0.29, 0.717) is 29.2 Å². The summed E-state index contributed by atoms with van der Waals surface area (Å²) in [4.78, 5) is 53.0. The maximum Gasteiger partial charge on any atom is 0.322 e. The van der Waals surface area contributed by atoms with Crippen molar-refractivity contribution in [3.05, 3.63) is 88.4 Å². The van der Waals surface area contributed by atoms with Gasteiger partial charge in [-0.1, -0.05) is 41.9 Å². The molecule has 6 rings (SSSR count). The second-order valence-electron chi connectivity index (χ2n) is 9.69. The number of carbonyl (C=O) groups is 4. The van der Waals surface area contributed by atoms with Crippen LogP contribution in [0.15, 0.2) is 71.6 Å². The van der Waals surface area contributed by atoms with Crippen LogP contribution in [0.1, 0.15) is 31.2 Å². The van der Waals surface area contributed by atoms with Crippen LogP contribution in [0.2, 0.25) is 5.02 Å². The van der Waals surface area contributed by atoms with Crippen molar-refractivity contribution in [3.63, 3.8) is 0 Å². The van der Waals surface area contributed by atoms with Crippen LogP contribution >= 0.6 is 23.4 Å². The lowest BCUT2D eigenvalue weighted by atomic mass is 9.96. The number of hydrogen-bond acceptors (Lipinski definition) is 5. The third kappa shape index (κ3) is 4.52. The Morgan fingerprint density at radius 2 is 1.82 bits per heavy atom. The van der Waals surface area contributed by atoms with Gasteiger partial charge in [-0.25, -0.2) is 4.79 Å². The molecular weight excluding hydrogens is 524 g/mol. The van der Waals surface area contributed by atoms with Crippen LogP contribution in [0.25, 0.3) is 0 Å².